The average Bonchev–Trinajstić information content (AvgIpc) is 2.08. The van der Waals surface area contributed by atoms with Crippen LogP contribution in [-0.2, 0) is 6.18 Å². The van der Waals surface area contributed by atoms with Gasteiger partial charge in [-0.05, 0) is 28.1 Å². The largest absolute Gasteiger partial charge is 0.573 e. The highest BCUT2D eigenvalue weighted by Crippen LogP contribution is 2.41. The number of hydrogen-bond donors (Lipinski definition) is 0. The first-order chi connectivity index (χ1) is 7.50. The lowest BCUT2D eigenvalue weighted by atomic mass is 10.2. The average molecular weight is 343 g/mol. The Bertz CT molecular complexity index is 427. The third kappa shape index (κ3) is 3.95. The normalized spacial score (nSPS) is 12.7. The molecule has 1 nitrogen and oxygen atoms in total. The van der Waals surface area contributed by atoms with E-state index in [0.29, 0.717) is 6.07 Å². The van der Waals surface area contributed by atoms with E-state index in [1.165, 1.54) is 0 Å². The van der Waals surface area contributed by atoms with Gasteiger partial charge in [0, 0.05) is 4.47 Å². The maximum absolute atomic E-state index is 12.3. The molecule has 0 heterocycles. The molecule has 9 heteroatoms. The summed E-state index contributed by atoms with van der Waals surface area (Å²) in [5, 5.41) is -0.588. The van der Waals surface area contributed by atoms with Crippen molar-refractivity contribution < 1.29 is 31.1 Å². The molecule has 0 aliphatic heterocycles. The molecule has 17 heavy (non-hydrogen) atoms. The lowest BCUT2D eigenvalue weighted by Crippen LogP contribution is -2.18. The standard InChI is InChI=1S/C8H2BrClF6O/c9-4-1-3(7(11,12)13)2-5(6(4)10)17-8(14,15)16/h1-2H. The summed E-state index contributed by atoms with van der Waals surface area (Å²) < 4.78 is 75.7. The second-order valence-electron chi connectivity index (χ2n) is 2.82. The zero-order valence-corrected chi connectivity index (χ0v) is 9.93. The summed E-state index contributed by atoms with van der Waals surface area (Å²) in [5.74, 6) is -1.11. The topological polar surface area (TPSA) is 9.23 Å². The molecule has 1 rings (SSSR count). The summed E-state index contributed by atoms with van der Waals surface area (Å²) in [7, 11) is 0. The van der Waals surface area contributed by atoms with Gasteiger partial charge >= 0.3 is 12.5 Å². The van der Waals surface area contributed by atoms with Crippen molar-refractivity contribution in [2.24, 2.45) is 0 Å². The summed E-state index contributed by atoms with van der Waals surface area (Å²) in [6.07, 6.45) is -9.91. The molecule has 96 valence electrons. The molecule has 0 aliphatic carbocycles. The third-order valence-corrected chi connectivity index (χ3v) is 2.79. The Morgan fingerprint density at radius 2 is 1.59 bits per heavy atom. The summed E-state index contributed by atoms with van der Waals surface area (Å²) in [6, 6.07) is 0.742. The van der Waals surface area contributed by atoms with Crippen molar-refractivity contribution in [1.82, 2.24) is 0 Å². The second-order valence-corrected chi connectivity index (χ2v) is 4.05. The van der Waals surface area contributed by atoms with Crippen molar-refractivity contribution in [3.63, 3.8) is 0 Å². The summed E-state index contributed by atoms with van der Waals surface area (Å²) in [4.78, 5) is 0. The van der Waals surface area contributed by atoms with Crippen LogP contribution in [0.3, 0.4) is 0 Å². The summed E-state index contributed by atoms with van der Waals surface area (Å²) in [5.41, 5.74) is -1.30. The Labute approximate surface area is 104 Å². The Hall–Kier alpha value is -0.630. The predicted molar refractivity (Wildman–Crippen MR) is 50.8 cm³/mol. The Kier molecular flexibility index (Phi) is 3.87. The van der Waals surface area contributed by atoms with E-state index in [9.17, 15) is 26.3 Å². The molecule has 0 aliphatic rings. The van der Waals surface area contributed by atoms with Crippen LogP contribution in [0.15, 0.2) is 16.6 Å². The van der Waals surface area contributed by atoms with Gasteiger partial charge in [-0.15, -0.1) is 13.2 Å². The van der Waals surface area contributed by atoms with Gasteiger partial charge in [0.1, 0.15) is 5.75 Å². The van der Waals surface area contributed by atoms with Crippen LogP contribution < -0.4 is 4.74 Å². The fraction of sp³-hybridized carbons (Fsp3) is 0.250. The van der Waals surface area contributed by atoms with Gasteiger partial charge in [0.05, 0.1) is 10.6 Å². The van der Waals surface area contributed by atoms with Crippen molar-refractivity contribution in [2.45, 2.75) is 12.5 Å². The number of ether oxygens (including phenoxy) is 1. The van der Waals surface area contributed by atoms with Gasteiger partial charge in [-0.3, -0.25) is 0 Å². The molecular formula is C8H2BrClF6O. The van der Waals surface area contributed by atoms with E-state index in [1.807, 2.05) is 0 Å². The van der Waals surface area contributed by atoms with Crippen molar-refractivity contribution in [3.8, 4) is 5.75 Å². The molecular weight excluding hydrogens is 341 g/mol. The van der Waals surface area contributed by atoms with Crippen LogP contribution in [0.25, 0.3) is 0 Å². The zero-order chi connectivity index (χ0) is 13.4. The number of rotatable bonds is 1. The smallest absolute Gasteiger partial charge is 0.404 e. The van der Waals surface area contributed by atoms with Crippen LogP contribution in [0.4, 0.5) is 26.3 Å². The van der Waals surface area contributed by atoms with E-state index in [4.69, 9.17) is 11.6 Å². The van der Waals surface area contributed by atoms with Crippen LogP contribution in [-0.4, -0.2) is 6.36 Å². The molecule has 0 bridgehead atoms. The highest BCUT2D eigenvalue weighted by molar-refractivity contribution is 9.10. The SMILES string of the molecule is FC(F)(F)Oc1cc(C(F)(F)F)cc(Br)c1Cl. The van der Waals surface area contributed by atoms with Crippen LogP contribution in [0, 0.1) is 0 Å². The molecule has 0 spiro atoms. The van der Waals surface area contributed by atoms with Gasteiger partial charge < -0.3 is 4.74 Å². The lowest BCUT2D eigenvalue weighted by molar-refractivity contribution is -0.274. The molecule has 0 amide bonds. The molecule has 0 radical (unpaired) electrons. The molecule has 0 aromatic heterocycles. The number of benzene rings is 1. The number of alkyl halides is 6. The van der Waals surface area contributed by atoms with Crippen LogP contribution in [0.1, 0.15) is 5.56 Å². The van der Waals surface area contributed by atoms with Gasteiger partial charge in [-0.25, -0.2) is 0 Å². The maximum Gasteiger partial charge on any atom is 0.573 e. The second kappa shape index (κ2) is 4.56. The Morgan fingerprint density at radius 3 is 2.00 bits per heavy atom. The summed E-state index contributed by atoms with van der Waals surface area (Å²) >= 11 is 8.00. The van der Waals surface area contributed by atoms with Gasteiger partial charge in [-0.1, -0.05) is 11.6 Å². The minimum absolute atomic E-state index is 0.181. The molecule has 0 N–H and O–H groups in total. The molecule has 0 saturated carbocycles. The minimum atomic E-state index is -5.12. The van der Waals surface area contributed by atoms with Gasteiger partial charge in [0.2, 0.25) is 0 Å². The van der Waals surface area contributed by atoms with Crippen molar-refractivity contribution in [3.05, 3.63) is 27.2 Å². The lowest BCUT2D eigenvalue weighted by Gasteiger charge is -2.14. The maximum atomic E-state index is 12.3. The van der Waals surface area contributed by atoms with E-state index in [2.05, 4.69) is 20.7 Å². The minimum Gasteiger partial charge on any atom is -0.404 e. The van der Waals surface area contributed by atoms with E-state index in [1.54, 1.807) is 0 Å². The van der Waals surface area contributed by atoms with Gasteiger partial charge in [0.15, 0.2) is 0 Å². The molecule has 0 fully saturated rings. The van der Waals surface area contributed by atoms with Crippen LogP contribution >= 0.6 is 27.5 Å². The quantitative estimate of drug-likeness (QED) is 0.651. The van der Waals surface area contributed by atoms with E-state index in [-0.39, 0.29) is 10.5 Å². The fourth-order valence-electron chi connectivity index (χ4n) is 0.926. The van der Waals surface area contributed by atoms with Crippen molar-refractivity contribution >= 4 is 27.5 Å². The third-order valence-electron chi connectivity index (χ3n) is 1.55. The van der Waals surface area contributed by atoms with Crippen molar-refractivity contribution in [2.75, 3.05) is 0 Å². The highest BCUT2D eigenvalue weighted by Gasteiger charge is 2.36. The first kappa shape index (κ1) is 14.4. The summed E-state index contributed by atoms with van der Waals surface area (Å²) in [6.45, 7) is 0. The van der Waals surface area contributed by atoms with Crippen LogP contribution in [0.5, 0.6) is 5.75 Å². The zero-order valence-electron chi connectivity index (χ0n) is 7.59. The van der Waals surface area contributed by atoms with Crippen molar-refractivity contribution in [1.29, 1.82) is 0 Å². The highest BCUT2D eigenvalue weighted by atomic mass is 79.9. The predicted octanol–water partition coefficient (Wildman–Crippen LogP) is 5.02. The van der Waals surface area contributed by atoms with E-state index >= 15 is 0 Å². The molecule has 0 atom stereocenters. The molecule has 1 aromatic carbocycles. The Balaban J connectivity index is 3.26. The first-order valence-corrected chi connectivity index (χ1v) is 5.00. The Morgan fingerprint density at radius 1 is 1.06 bits per heavy atom. The van der Waals surface area contributed by atoms with E-state index in [0.717, 1.165) is 0 Å². The first-order valence-electron chi connectivity index (χ1n) is 3.82. The number of halogens is 8. The van der Waals surface area contributed by atoms with E-state index < -0.39 is 28.9 Å². The molecule has 0 unspecified atom stereocenters. The molecule has 0 saturated heterocycles. The van der Waals surface area contributed by atoms with Crippen LogP contribution in [0.2, 0.25) is 5.02 Å². The fourth-order valence-corrected chi connectivity index (χ4v) is 1.52. The monoisotopic (exact) mass is 342 g/mol. The number of hydrogen-bond acceptors (Lipinski definition) is 1. The molecule has 1 aromatic rings. The van der Waals surface area contributed by atoms with Gasteiger partial charge in [0.25, 0.3) is 0 Å². The van der Waals surface area contributed by atoms with Gasteiger partial charge in [-0.2, -0.15) is 13.2 Å².